The van der Waals surface area contributed by atoms with E-state index < -0.39 is 5.97 Å². The van der Waals surface area contributed by atoms with E-state index in [2.05, 4.69) is 9.47 Å². The summed E-state index contributed by atoms with van der Waals surface area (Å²) in [6.07, 6.45) is 1.08. The van der Waals surface area contributed by atoms with Crippen molar-refractivity contribution in [2.45, 2.75) is 39.1 Å². The van der Waals surface area contributed by atoms with E-state index in [-0.39, 0.29) is 29.9 Å². The number of carboxylic acid groups (broad SMARTS) is 1. The van der Waals surface area contributed by atoms with Crippen LogP contribution >= 0.6 is 11.6 Å². The highest BCUT2D eigenvalue weighted by Gasteiger charge is 2.27. The van der Waals surface area contributed by atoms with Gasteiger partial charge in [-0.3, -0.25) is 9.69 Å². The Morgan fingerprint density at radius 2 is 1.93 bits per heavy atom. The molecule has 2 aromatic carbocycles. The molecule has 1 N–H and O–H groups in total. The van der Waals surface area contributed by atoms with Gasteiger partial charge in [-0.2, -0.15) is 0 Å². The standard InChI is InChI=1S/C30H31ClN4O6/c1-19-23(31)3-2-4-26(19)40-18-22-6-8-27(41-22)29(36)34-12-10-33(11-13-34)17-28-32-24-7-5-20(30(37)38)15-25(24)35(28)16-21-9-14-39-21/h2-8,15,21H,9-14,16-18H2,1H3,(H,37,38). The molecule has 2 aliphatic rings. The van der Waals surface area contributed by atoms with Crippen molar-refractivity contribution >= 4 is 34.5 Å². The predicted molar refractivity (Wildman–Crippen MR) is 151 cm³/mol. The molecule has 1 atom stereocenters. The Bertz CT molecular complexity index is 1590. The summed E-state index contributed by atoms with van der Waals surface area (Å²) in [6.45, 7) is 6.54. The van der Waals surface area contributed by atoms with Crippen molar-refractivity contribution in [1.29, 1.82) is 0 Å². The number of fused-ring (bicyclic) bond motifs is 1. The van der Waals surface area contributed by atoms with Crippen molar-refractivity contribution in [3.63, 3.8) is 0 Å². The normalized spacial score (nSPS) is 17.5. The first-order valence-corrected chi connectivity index (χ1v) is 14.1. The van der Waals surface area contributed by atoms with Crippen LogP contribution in [0.1, 0.15) is 44.5 Å². The molecule has 2 aromatic heterocycles. The highest BCUT2D eigenvalue weighted by atomic mass is 35.5. The first kappa shape index (κ1) is 27.3. The molecule has 0 bridgehead atoms. The third kappa shape index (κ3) is 5.81. The van der Waals surface area contributed by atoms with Crippen molar-refractivity contribution in [2.24, 2.45) is 0 Å². The van der Waals surface area contributed by atoms with Crippen molar-refractivity contribution in [2.75, 3.05) is 32.8 Å². The van der Waals surface area contributed by atoms with Gasteiger partial charge in [-0.15, -0.1) is 0 Å². The number of aromatic carboxylic acids is 1. The minimum atomic E-state index is -0.964. The molecule has 4 heterocycles. The smallest absolute Gasteiger partial charge is 0.335 e. The third-order valence-corrected chi connectivity index (χ3v) is 8.15. The van der Waals surface area contributed by atoms with Gasteiger partial charge in [-0.25, -0.2) is 9.78 Å². The monoisotopic (exact) mass is 578 g/mol. The van der Waals surface area contributed by atoms with Crippen LogP contribution < -0.4 is 4.74 Å². The second-order valence-electron chi connectivity index (χ2n) is 10.4. The van der Waals surface area contributed by atoms with Gasteiger partial charge >= 0.3 is 5.97 Å². The largest absolute Gasteiger partial charge is 0.485 e. The predicted octanol–water partition coefficient (Wildman–Crippen LogP) is 4.62. The molecule has 214 valence electrons. The van der Waals surface area contributed by atoms with E-state index in [0.29, 0.717) is 55.8 Å². The minimum Gasteiger partial charge on any atom is -0.485 e. The molecule has 0 radical (unpaired) electrons. The number of carbonyl (C=O) groups excluding carboxylic acids is 1. The second-order valence-corrected chi connectivity index (χ2v) is 10.8. The molecule has 6 rings (SSSR count). The number of ether oxygens (including phenoxy) is 2. The first-order valence-electron chi connectivity index (χ1n) is 13.7. The van der Waals surface area contributed by atoms with Gasteiger partial charge in [0, 0.05) is 43.4 Å². The maximum atomic E-state index is 13.1. The molecule has 0 spiro atoms. The van der Waals surface area contributed by atoms with E-state index in [1.165, 1.54) is 0 Å². The van der Waals surface area contributed by atoms with Crippen molar-refractivity contribution < 1.29 is 28.6 Å². The van der Waals surface area contributed by atoms with Gasteiger partial charge in [0.1, 0.15) is 23.9 Å². The molecule has 11 heteroatoms. The fraction of sp³-hybridized carbons (Fsp3) is 0.367. The van der Waals surface area contributed by atoms with E-state index >= 15 is 0 Å². The Labute approximate surface area is 242 Å². The highest BCUT2D eigenvalue weighted by Crippen LogP contribution is 2.27. The summed E-state index contributed by atoms with van der Waals surface area (Å²) in [6, 6.07) is 14.0. The SMILES string of the molecule is Cc1c(Cl)cccc1OCc1ccc(C(=O)N2CCN(Cc3nc4ccc(C(=O)O)cc4n3CC3CCO3)CC2)o1. The first-order chi connectivity index (χ1) is 19.9. The lowest BCUT2D eigenvalue weighted by Gasteiger charge is -2.34. The molecule has 1 amide bonds. The van der Waals surface area contributed by atoms with Gasteiger partial charge in [-0.1, -0.05) is 17.7 Å². The molecule has 10 nitrogen and oxygen atoms in total. The average molecular weight is 579 g/mol. The Kier molecular flexibility index (Phi) is 7.70. The summed E-state index contributed by atoms with van der Waals surface area (Å²) in [5.74, 6) is 1.28. The number of piperazine rings is 1. The minimum absolute atomic E-state index is 0.104. The van der Waals surface area contributed by atoms with Gasteiger partial charge in [0.2, 0.25) is 0 Å². The van der Waals surface area contributed by atoms with E-state index in [1.54, 1.807) is 35.2 Å². The number of furan rings is 1. The number of nitrogens with zero attached hydrogens (tertiary/aromatic N) is 4. The van der Waals surface area contributed by atoms with Crippen LogP contribution in [0.15, 0.2) is 52.9 Å². The maximum Gasteiger partial charge on any atom is 0.335 e. The fourth-order valence-electron chi connectivity index (χ4n) is 5.19. The maximum absolute atomic E-state index is 13.1. The summed E-state index contributed by atoms with van der Waals surface area (Å²) in [5, 5.41) is 10.1. The zero-order chi connectivity index (χ0) is 28.5. The quantitative estimate of drug-likeness (QED) is 0.306. The number of rotatable bonds is 9. The van der Waals surface area contributed by atoms with Crippen LogP contribution in [0.2, 0.25) is 5.02 Å². The van der Waals surface area contributed by atoms with Gasteiger partial charge in [0.05, 0.1) is 35.8 Å². The van der Waals surface area contributed by atoms with Crippen LogP contribution in [-0.2, 0) is 24.4 Å². The zero-order valence-electron chi connectivity index (χ0n) is 22.7. The number of carboxylic acids is 1. The van der Waals surface area contributed by atoms with E-state index in [0.717, 1.165) is 35.4 Å². The zero-order valence-corrected chi connectivity index (χ0v) is 23.5. The summed E-state index contributed by atoms with van der Waals surface area (Å²) in [5.41, 5.74) is 2.65. The lowest BCUT2D eigenvalue weighted by molar-refractivity contribution is -0.0592. The van der Waals surface area contributed by atoms with E-state index in [4.69, 9.17) is 30.5 Å². The second kappa shape index (κ2) is 11.6. The summed E-state index contributed by atoms with van der Waals surface area (Å²) in [7, 11) is 0. The molecule has 1 unspecified atom stereocenters. The number of aromatic nitrogens is 2. The van der Waals surface area contributed by atoms with Crippen molar-refractivity contribution in [1.82, 2.24) is 19.4 Å². The summed E-state index contributed by atoms with van der Waals surface area (Å²) in [4.78, 5) is 33.6. The van der Waals surface area contributed by atoms with E-state index in [1.807, 2.05) is 25.1 Å². The molecule has 2 fully saturated rings. The van der Waals surface area contributed by atoms with Gasteiger partial charge < -0.3 is 28.5 Å². The lowest BCUT2D eigenvalue weighted by Crippen LogP contribution is -2.48. The van der Waals surface area contributed by atoms with Crippen LogP contribution in [0.5, 0.6) is 5.75 Å². The molecule has 2 saturated heterocycles. The highest BCUT2D eigenvalue weighted by molar-refractivity contribution is 6.31. The van der Waals surface area contributed by atoms with Crippen molar-refractivity contribution in [3.05, 3.63) is 82.0 Å². The number of hydrogen-bond donors (Lipinski definition) is 1. The van der Waals surface area contributed by atoms with Crippen molar-refractivity contribution in [3.8, 4) is 5.75 Å². The third-order valence-electron chi connectivity index (χ3n) is 7.74. The Hall–Kier alpha value is -3.86. The lowest BCUT2D eigenvalue weighted by atomic mass is 10.1. The number of imidazole rings is 1. The summed E-state index contributed by atoms with van der Waals surface area (Å²) < 4.78 is 19.4. The molecule has 4 aromatic rings. The number of halogens is 1. The number of carbonyl (C=O) groups is 2. The molecular weight excluding hydrogens is 548 g/mol. The summed E-state index contributed by atoms with van der Waals surface area (Å²) >= 11 is 6.17. The molecule has 0 saturated carbocycles. The van der Waals surface area contributed by atoms with Crippen LogP contribution in [0.4, 0.5) is 0 Å². The Morgan fingerprint density at radius 1 is 1.12 bits per heavy atom. The average Bonchev–Trinajstić information content (AvgIpc) is 3.55. The Morgan fingerprint density at radius 3 is 2.66 bits per heavy atom. The van der Waals surface area contributed by atoms with Crippen LogP contribution in [-0.4, -0.2) is 75.2 Å². The topological polar surface area (TPSA) is 110 Å². The molecule has 41 heavy (non-hydrogen) atoms. The van der Waals surface area contributed by atoms with Crippen LogP contribution in [0.3, 0.4) is 0 Å². The van der Waals surface area contributed by atoms with Crippen LogP contribution in [0, 0.1) is 6.92 Å². The fourth-order valence-corrected chi connectivity index (χ4v) is 5.36. The van der Waals surface area contributed by atoms with E-state index in [9.17, 15) is 14.7 Å². The molecule has 0 aliphatic carbocycles. The Balaban J connectivity index is 1.08. The molecular formula is C30H31ClN4O6. The molecule has 2 aliphatic heterocycles. The van der Waals surface area contributed by atoms with Gasteiger partial charge in [0.15, 0.2) is 5.76 Å². The van der Waals surface area contributed by atoms with Gasteiger partial charge in [-0.05, 0) is 55.8 Å². The van der Waals surface area contributed by atoms with Gasteiger partial charge in [0.25, 0.3) is 5.91 Å². The number of hydrogen-bond acceptors (Lipinski definition) is 7. The number of amides is 1. The number of benzene rings is 2. The van der Waals surface area contributed by atoms with Crippen LogP contribution in [0.25, 0.3) is 11.0 Å².